The van der Waals surface area contributed by atoms with Gasteiger partial charge in [-0.2, -0.15) is 0 Å². The van der Waals surface area contributed by atoms with Crippen LogP contribution in [0.2, 0.25) is 0 Å². The quantitative estimate of drug-likeness (QED) is 0.347. The molecule has 0 aromatic carbocycles. The van der Waals surface area contributed by atoms with Crippen molar-refractivity contribution in [2.75, 3.05) is 0 Å². The Morgan fingerprint density at radius 2 is 1.18 bits per heavy atom. The number of hydrogen-bond donors (Lipinski definition) is 1. The molecule has 1 aliphatic heterocycles. The molecule has 11 heavy (non-hydrogen) atoms. The summed E-state index contributed by atoms with van der Waals surface area (Å²) < 4.78 is 0.958. The van der Waals surface area contributed by atoms with E-state index in [1.54, 1.807) is 0 Å². The fourth-order valence-electron chi connectivity index (χ4n) is 1.59. The van der Waals surface area contributed by atoms with E-state index in [2.05, 4.69) is 46.4 Å². The van der Waals surface area contributed by atoms with Gasteiger partial charge in [0.05, 0.1) is 0 Å². The van der Waals surface area contributed by atoms with E-state index in [4.69, 9.17) is 0 Å². The Morgan fingerprint density at radius 1 is 0.909 bits per heavy atom. The topological polar surface area (TPSA) is 21.9 Å². The summed E-state index contributed by atoms with van der Waals surface area (Å²) >= 11 is 1.82. The van der Waals surface area contributed by atoms with Gasteiger partial charge >= 0.3 is 0 Å². The lowest BCUT2D eigenvalue weighted by Crippen LogP contribution is -2.56. The van der Waals surface area contributed by atoms with Crippen LogP contribution >= 0.6 is 12.1 Å². The van der Waals surface area contributed by atoms with Crippen LogP contribution in [-0.4, -0.2) is 15.1 Å². The van der Waals surface area contributed by atoms with Crippen molar-refractivity contribution >= 4 is 12.1 Å². The molecule has 66 valence electrons. The maximum Gasteiger partial charge on any atom is 0.242 e. The molecule has 0 aromatic heterocycles. The molecule has 0 aromatic rings. The molecule has 0 aliphatic carbocycles. The van der Waals surface area contributed by atoms with E-state index in [0.717, 1.165) is 4.00 Å². The zero-order valence-electron chi connectivity index (χ0n) is 8.36. The fraction of sp³-hybridized carbons (Fsp3) is 1.00. The van der Waals surface area contributed by atoms with E-state index in [1.807, 2.05) is 12.1 Å². The highest BCUT2D eigenvalue weighted by Crippen LogP contribution is 2.50. The lowest BCUT2D eigenvalue weighted by atomic mass is 9.99. The minimum atomic E-state index is 0.281. The van der Waals surface area contributed by atoms with Crippen molar-refractivity contribution in [2.24, 2.45) is 0 Å². The number of nitrogens with zero attached hydrogens (tertiary/aromatic N) is 1. The first-order valence-electron chi connectivity index (χ1n) is 4.06. The molecule has 1 aliphatic rings. The molecule has 0 atom stereocenters. The van der Waals surface area contributed by atoms with Gasteiger partial charge in [-0.1, -0.05) is 0 Å². The molecule has 0 radical (unpaired) electrons. The summed E-state index contributed by atoms with van der Waals surface area (Å²) in [5.74, 6) is 0. The van der Waals surface area contributed by atoms with Crippen LogP contribution in [0.15, 0.2) is 0 Å². The van der Waals surface area contributed by atoms with Crippen molar-refractivity contribution in [2.45, 2.75) is 52.6 Å². The molecule has 1 saturated heterocycles. The Balaban J connectivity index is 2.85. The Kier molecular flexibility index (Phi) is 1.83. The van der Waals surface area contributed by atoms with Gasteiger partial charge in [0.1, 0.15) is 11.1 Å². The Bertz CT molecular complexity index is 144. The van der Waals surface area contributed by atoms with Crippen molar-refractivity contribution in [3.8, 4) is 0 Å². The minimum Gasteiger partial charge on any atom is -0.145 e. The van der Waals surface area contributed by atoms with E-state index in [1.165, 1.54) is 0 Å². The predicted molar refractivity (Wildman–Crippen MR) is 50.5 cm³/mol. The third-order valence-electron chi connectivity index (χ3n) is 2.16. The third kappa shape index (κ3) is 1.30. The smallest absolute Gasteiger partial charge is 0.145 e. The van der Waals surface area contributed by atoms with Crippen molar-refractivity contribution in [3.63, 3.8) is 0 Å². The fourth-order valence-corrected chi connectivity index (χ4v) is 2.77. The molecule has 1 heterocycles. The molecule has 3 heteroatoms. The normalized spacial score (nSPS) is 23.5. The third-order valence-corrected chi connectivity index (χ3v) is 3.81. The maximum atomic E-state index is 3.38. The monoisotopic (exact) mass is 175 g/mol. The van der Waals surface area contributed by atoms with E-state index in [9.17, 15) is 0 Å². The van der Waals surface area contributed by atoms with Crippen LogP contribution in [0.1, 0.15) is 41.5 Å². The van der Waals surface area contributed by atoms with E-state index in [0.29, 0.717) is 0 Å². The summed E-state index contributed by atoms with van der Waals surface area (Å²) in [5, 5.41) is 0. The molecule has 0 saturated carbocycles. The average molecular weight is 175 g/mol. The van der Waals surface area contributed by atoms with Crippen LogP contribution in [0.25, 0.3) is 0 Å². The highest BCUT2D eigenvalue weighted by molar-refractivity contribution is 7.96. The molecule has 1 rings (SSSR count). The first-order chi connectivity index (χ1) is 4.71. The molecule has 0 bridgehead atoms. The molecular weight excluding hydrogens is 156 g/mol. The summed E-state index contributed by atoms with van der Waals surface area (Å²) in [5.41, 5.74) is 0.561. The molecule has 0 amide bonds. The lowest BCUT2D eigenvalue weighted by Gasteiger charge is -2.37. The zero-order chi connectivity index (χ0) is 8.91. The van der Waals surface area contributed by atoms with Gasteiger partial charge in [-0.25, -0.2) is 0 Å². The van der Waals surface area contributed by atoms with Crippen LogP contribution in [0.5, 0.6) is 0 Å². The SMILES string of the molecule is CC(C)(C)[N+]1(C(C)(C)C)NS1. The lowest BCUT2D eigenvalue weighted by molar-refractivity contribution is -0.863. The number of nitrogens with one attached hydrogen (secondary N) is 1. The number of hydrogen-bond acceptors (Lipinski definition) is 2. The van der Waals surface area contributed by atoms with Gasteiger partial charge in [0.25, 0.3) is 0 Å². The molecular formula is C8H19N2S+. The zero-order valence-corrected chi connectivity index (χ0v) is 9.17. The first-order valence-corrected chi connectivity index (χ1v) is 4.83. The summed E-state index contributed by atoms with van der Waals surface area (Å²) in [6, 6.07) is 0. The van der Waals surface area contributed by atoms with Gasteiger partial charge in [-0.15, -0.1) is 4.00 Å². The van der Waals surface area contributed by atoms with Crippen LogP contribution in [-0.2, 0) is 0 Å². The van der Waals surface area contributed by atoms with E-state index < -0.39 is 0 Å². The van der Waals surface area contributed by atoms with Crippen LogP contribution < -0.4 is 4.83 Å². The largest absolute Gasteiger partial charge is 0.242 e. The first kappa shape index (κ1) is 9.36. The van der Waals surface area contributed by atoms with Crippen molar-refractivity contribution in [3.05, 3.63) is 0 Å². The highest BCUT2D eigenvalue weighted by Gasteiger charge is 2.63. The predicted octanol–water partition coefficient (Wildman–Crippen LogP) is 2.48. The summed E-state index contributed by atoms with van der Waals surface area (Å²) in [6.07, 6.45) is 0. The van der Waals surface area contributed by atoms with Gasteiger partial charge < -0.3 is 0 Å². The van der Waals surface area contributed by atoms with Gasteiger partial charge in [-0.3, -0.25) is 0 Å². The second-order valence-electron chi connectivity index (χ2n) is 5.13. The van der Waals surface area contributed by atoms with Crippen LogP contribution in [0.4, 0.5) is 0 Å². The van der Waals surface area contributed by atoms with Crippen LogP contribution in [0, 0.1) is 0 Å². The number of rotatable bonds is 0. The Hall–Kier alpha value is 0.270. The maximum absolute atomic E-state index is 3.38. The van der Waals surface area contributed by atoms with Crippen LogP contribution in [0.3, 0.4) is 0 Å². The van der Waals surface area contributed by atoms with Gasteiger partial charge in [0.2, 0.25) is 12.1 Å². The minimum absolute atomic E-state index is 0.281. The second kappa shape index (κ2) is 2.15. The number of quaternary nitrogens is 1. The van der Waals surface area contributed by atoms with Gasteiger partial charge in [0, 0.05) is 0 Å². The Morgan fingerprint density at radius 3 is 1.18 bits per heavy atom. The average Bonchev–Trinajstić information content (AvgIpc) is 2.31. The van der Waals surface area contributed by atoms with Crippen molar-refractivity contribution in [1.82, 2.24) is 4.83 Å². The van der Waals surface area contributed by atoms with Crippen molar-refractivity contribution in [1.29, 1.82) is 0 Å². The summed E-state index contributed by atoms with van der Waals surface area (Å²) in [4.78, 5) is 3.38. The highest BCUT2D eigenvalue weighted by atomic mass is 32.2. The molecule has 0 unspecified atom stereocenters. The summed E-state index contributed by atoms with van der Waals surface area (Å²) in [6.45, 7) is 13.6. The second-order valence-corrected chi connectivity index (χ2v) is 6.05. The Labute approximate surface area is 74.2 Å². The standard InChI is InChI=1S/C8H19N2S/c1-7(2,3)10(9-11-10)8(4,5)6/h9H,1-6H3/q+1. The van der Waals surface area contributed by atoms with Crippen molar-refractivity contribution < 1.29 is 4.00 Å². The summed E-state index contributed by atoms with van der Waals surface area (Å²) in [7, 11) is 0. The molecule has 2 nitrogen and oxygen atoms in total. The van der Waals surface area contributed by atoms with Gasteiger partial charge in [0.15, 0.2) is 0 Å². The molecule has 0 spiro atoms. The van der Waals surface area contributed by atoms with E-state index >= 15 is 0 Å². The molecule has 1 N–H and O–H groups in total. The van der Waals surface area contributed by atoms with Gasteiger partial charge in [-0.05, 0) is 46.4 Å². The molecule has 1 fully saturated rings. The van der Waals surface area contributed by atoms with E-state index in [-0.39, 0.29) is 11.1 Å².